The lowest BCUT2D eigenvalue weighted by Crippen LogP contribution is -1.96. The Labute approximate surface area is 101 Å². The van der Waals surface area contributed by atoms with Gasteiger partial charge in [-0.1, -0.05) is 43.0 Å². The summed E-state index contributed by atoms with van der Waals surface area (Å²) in [5.74, 6) is 0.806. The van der Waals surface area contributed by atoms with Gasteiger partial charge >= 0.3 is 0 Å². The number of para-hydroxylation sites is 2. The van der Waals surface area contributed by atoms with Crippen LogP contribution in [0.3, 0.4) is 0 Å². The smallest absolute Gasteiger partial charge is 0.126 e. The Morgan fingerprint density at radius 1 is 1.00 bits per heavy atom. The Bertz CT molecular complexity index is 546. The van der Waals surface area contributed by atoms with Crippen LogP contribution in [-0.4, -0.2) is 7.11 Å². The Balaban J connectivity index is 2.48. The predicted molar refractivity (Wildman–Crippen MR) is 72.0 cm³/mol. The van der Waals surface area contributed by atoms with E-state index in [2.05, 4.69) is 6.58 Å². The quantitative estimate of drug-likeness (QED) is 0.813. The number of hydrogen-bond acceptors (Lipinski definition) is 2. The summed E-state index contributed by atoms with van der Waals surface area (Å²) >= 11 is 0. The van der Waals surface area contributed by atoms with Crippen LogP contribution in [0.4, 0.5) is 5.69 Å². The Morgan fingerprint density at radius 3 is 2.24 bits per heavy atom. The van der Waals surface area contributed by atoms with Gasteiger partial charge in [0.05, 0.1) is 7.11 Å². The molecule has 0 spiro atoms. The standard InChI is InChI=1S/C15H15NO/c1-11(12-7-3-5-9-14(12)16)13-8-4-6-10-15(13)17-2/h3-10H,1,16H2,2H3. The third kappa shape index (κ3) is 2.16. The molecule has 0 aliphatic rings. The van der Waals surface area contributed by atoms with Crippen molar-refractivity contribution in [1.29, 1.82) is 0 Å². The molecule has 0 unspecified atom stereocenters. The van der Waals surface area contributed by atoms with Crippen molar-refractivity contribution in [3.63, 3.8) is 0 Å². The molecule has 0 radical (unpaired) electrons. The van der Waals surface area contributed by atoms with Crippen LogP contribution in [0.25, 0.3) is 5.57 Å². The summed E-state index contributed by atoms with van der Waals surface area (Å²) in [6, 6.07) is 15.5. The van der Waals surface area contributed by atoms with Gasteiger partial charge in [-0.2, -0.15) is 0 Å². The molecule has 0 heterocycles. The van der Waals surface area contributed by atoms with Gasteiger partial charge in [-0.25, -0.2) is 0 Å². The lowest BCUT2D eigenvalue weighted by molar-refractivity contribution is 0.413. The number of rotatable bonds is 3. The van der Waals surface area contributed by atoms with Crippen molar-refractivity contribution in [3.05, 3.63) is 66.2 Å². The van der Waals surface area contributed by atoms with Crippen LogP contribution in [0.15, 0.2) is 55.1 Å². The highest BCUT2D eigenvalue weighted by atomic mass is 16.5. The van der Waals surface area contributed by atoms with E-state index >= 15 is 0 Å². The van der Waals surface area contributed by atoms with Gasteiger partial charge in [-0.05, 0) is 17.7 Å². The molecule has 2 aromatic carbocycles. The van der Waals surface area contributed by atoms with Crippen molar-refractivity contribution in [2.24, 2.45) is 0 Å². The van der Waals surface area contributed by atoms with Gasteiger partial charge in [0, 0.05) is 16.8 Å². The molecule has 0 bridgehead atoms. The number of nitrogens with two attached hydrogens (primary N) is 1. The molecule has 0 saturated heterocycles. The third-order valence-corrected chi connectivity index (χ3v) is 2.72. The highest BCUT2D eigenvalue weighted by Crippen LogP contribution is 2.31. The number of anilines is 1. The monoisotopic (exact) mass is 225 g/mol. The molecule has 2 rings (SSSR count). The number of hydrogen-bond donors (Lipinski definition) is 1. The van der Waals surface area contributed by atoms with E-state index in [0.29, 0.717) is 0 Å². The minimum Gasteiger partial charge on any atom is -0.496 e. The first-order valence-corrected chi connectivity index (χ1v) is 5.41. The summed E-state index contributed by atoms with van der Waals surface area (Å²) in [5, 5.41) is 0. The van der Waals surface area contributed by atoms with Crippen molar-refractivity contribution in [1.82, 2.24) is 0 Å². The van der Waals surface area contributed by atoms with E-state index in [4.69, 9.17) is 10.5 Å². The van der Waals surface area contributed by atoms with E-state index in [0.717, 1.165) is 28.1 Å². The van der Waals surface area contributed by atoms with Crippen molar-refractivity contribution in [2.45, 2.75) is 0 Å². The molecule has 0 amide bonds. The van der Waals surface area contributed by atoms with Gasteiger partial charge in [0.1, 0.15) is 5.75 Å². The Kier molecular flexibility index (Phi) is 3.15. The van der Waals surface area contributed by atoms with Crippen LogP contribution in [0.5, 0.6) is 5.75 Å². The van der Waals surface area contributed by atoms with Gasteiger partial charge in [0.25, 0.3) is 0 Å². The van der Waals surface area contributed by atoms with Crippen LogP contribution in [-0.2, 0) is 0 Å². The normalized spacial score (nSPS) is 9.94. The van der Waals surface area contributed by atoms with Crippen LogP contribution >= 0.6 is 0 Å². The maximum atomic E-state index is 5.95. The molecule has 2 aromatic rings. The van der Waals surface area contributed by atoms with Crippen molar-refractivity contribution in [2.75, 3.05) is 12.8 Å². The Hall–Kier alpha value is -2.22. The number of ether oxygens (including phenoxy) is 1. The van der Waals surface area contributed by atoms with Crippen molar-refractivity contribution >= 4 is 11.3 Å². The summed E-state index contributed by atoms with van der Waals surface area (Å²) in [5.41, 5.74) is 9.46. The molecule has 0 saturated carbocycles. The molecular weight excluding hydrogens is 210 g/mol. The van der Waals surface area contributed by atoms with E-state index in [1.54, 1.807) is 7.11 Å². The van der Waals surface area contributed by atoms with Crippen LogP contribution in [0, 0.1) is 0 Å². The largest absolute Gasteiger partial charge is 0.496 e. The average Bonchev–Trinajstić information content (AvgIpc) is 2.38. The fourth-order valence-corrected chi connectivity index (χ4v) is 1.81. The number of methoxy groups -OCH3 is 1. The van der Waals surface area contributed by atoms with Crippen LogP contribution < -0.4 is 10.5 Å². The molecule has 2 N–H and O–H groups in total. The summed E-state index contributed by atoms with van der Waals surface area (Å²) in [4.78, 5) is 0. The van der Waals surface area contributed by atoms with Crippen LogP contribution in [0.1, 0.15) is 11.1 Å². The highest BCUT2D eigenvalue weighted by molar-refractivity contribution is 5.86. The summed E-state index contributed by atoms with van der Waals surface area (Å²) in [6.07, 6.45) is 0. The fraction of sp³-hybridized carbons (Fsp3) is 0.0667. The van der Waals surface area contributed by atoms with Crippen molar-refractivity contribution < 1.29 is 4.74 Å². The van der Waals surface area contributed by atoms with E-state index in [-0.39, 0.29) is 0 Å². The second-order valence-corrected chi connectivity index (χ2v) is 3.77. The Morgan fingerprint density at radius 2 is 1.59 bits per heavy atom. The molecule has 2 heteroatoms. The first-order chi connectivity index (χ1) is 8.24. The van der Waals surface area contributed by atoms with E-state index in [9.17, 15) is 0 Å². The summed E-state index contributed by atoms with van der Waals surface area (Å²) in [7, 11) is 1.65. The van der Waals surface area contributed by atoms with Gasteiger partial charge in [0.2, 0.25) is 0 Å². The van der Waals surface area contributed by atoms with Crippen molar-refractivity contribution in [3.8, 4) is 5.75 Å². The van der Waals surface area contributed by atoms with Gasteiger partial charge in [-0.3, -0.25) is 0 Å². The van der Waals surface area contributed by atoms with E-state index in [1.165, 1.54) is 0 Å². The van der Waals surface area contributed by atoms with Gasteiger partial charge < -0.3 is 10.5 Å². The minimum absolute atomic E-state index is 0.725. The lowest BCUT2D eigenvalue weighted by atomic mass is 9.97. The molecule has 86 valence electrons. The molecule has 0 fully saturated rings. The molecule has 17 heavy (non-hydrogen) atoms. The first kappa shape index (κ1) is 11.3. The predicted octanol–water partition coefficient (Wildman–Crippen LogP) is 3.34. The van der Waals surface area contributed by atoms with Gasteiger partial charge in [0.15, 0.2) is 0 Å². The maximum absolute atomic E-state index is 5.95. The molecule has 0 aromatic heterocycles. The second-order valence-electron chi connectivity index (χ2n) is 3.77. The molecule has 2 nitrogen and oxygen atoms in total. The highest BCUT2D eigenvalue weighted by Gasteiger charge is 2.09. The topological polar surface area (TPSA) is 35.2 Å². The zero-order valence-electron chi connectivity index (χ0n) is 9.81. The fourth-order valence-electron chi connectivity index (χ4n) is 1.81. The second kappa shape index (κ2) is 4.74. The zero-order valence-corrected chi connectivity index (χ0v) is 9.81. The summed E-state index contributed by atoms with van der Waals surface area (Å²) < 4.78 is 5.33. The third-order valence-electron chi connectivity index (χ3n) is 2.72. The SMILES string of the molecule is C=C(c1ccccc1N)c1ccccc1OC. The molecular formula is C15H15NO. The summed E-state index contributed by atoms with van der Waals surface area (Å²) in [6.45, 7) is 4.10. The maximum Gasteiger partial charge on any atom is 0.126 e. The van der Waals surface area contributed by atoms with E-state index in [1.807, 2.05) is 48.5 Å². The molecule has 0 aliphatic heterocycles. The average molecular weight is 225 g/mol. The van der Waals surface area contributed by atoms with E-state index < -0.39 is 0 Å². The molecule has 0 atom stereocenters. The minimum atomic E-state index is 0.725. The number of benzene rings is 2. The van der Waals surface area contributed by atoms with Crippen LogP contribution in [0.2, 0.25) is 0 Å². The first-order valence-electron chi connectivity index (χ1n) is 5.41. The molecule has 0 aliphatic carbocycles. The van der Waals surface area contributed by atoms with Gasteiger partial charge in [-0.15, -0.1) is 0 Å². The lowest BCUT2D eigenvalue weighted by Gasteiger charge is -2.12. The zero-order chi connectivity index (χ0) is 12.3. The number of nitrogen functional groups attached to an aromatic ring is 1.